The molecule has 27 heavy (non-hydrogen) atoms. The number of benzene rings is 2. The quantitative estimate of drug-likeness (QED) is 0.411. The number of amides is 1. The summed E-state index contributed by atoms with van der Waals surface area (Å²) in [5, 5.41) is 4.26. The third-order valence-electron chi connectivity index (χ3n) is 3.97. The molecule has 0 aliphatic heterocycles. The Bertz CT molecular complexity index is 974. The maximum absolute atomic E-state index is 12.7. The summed E-state index contributed by atoms with van der Waals surface area (Å²) in [5.74, 6) is 0.235. The second-order valence-electron chi connectivity index (χ2n) is 5.95. The fraction of sp³-hybridized carbons (Fsp3) is 0.150. The molecule has 2 aromatic carbocycles. The van der Waals surface area contributed by atoms with Crippen LogP contribution < -0.4 is 5.32 Å². The molecule has 4 nitrogen and oxygen atoms in total. The van der Waals surface area contributed by atoms with Crippen molar-refractivity contribution in [1.29, 1.82) is 0 Å². The molecule has 0 radical (unpaired) electrons. The molecule has 138 valence electrons. The highest BCUT2D eigenvalue weighted by atomic mass is 35.5. The summed E-state index contributed by atoms with van der Waals surface area (Å²) in [6.07, 6.45) is 1.45. The van der Waals surface area contributed by atoms with Crippen LogP contribution in [0.2, 0.25) is 10.0 Å². The van der Waals surface area contributed by atoms with Gasteiger partial charge >= 0.3 is 0 Å². The Morgan fingerprint density at radius 1 is 1.04 bits per heavy atom. The Hall–Kier alpha value is -2.08. The van der Waals surface area contributed by atoms with Crippen molar-refractivity contribution in [2.45, 2.75) is 24.8 Å². The summed E-state index contributed by atoms with van der Waals surface area (Å²) in [5.41, 5.74) is 3.84. The summed E-state index contributed by atoms with van der Waals surface area (Å²) < 4.78 is 0. The topological polar surface area (TPSA) is 54.9 Å². The monoisotopic (exact) mass is 417 g/mol. The van der Waals surface area contributed by atoms with Crippen LogP contribution in [0.1, 0.15) is 27.2 Å². The predicted molar refractivity (Wildman–Crippen MR) is 112 cm³/mol. The van der Waals surface area contributed by atoms with Gasteiger partial charge in [0, 0.05) is 16.5 Å². The van der Waals surface area contributed by atoms with Gasteiger partial charge in [0.2, 0.25) is 0 Å². The number of para-hydroxylation sites is 1. The lowest BCUT2D eigenvalue weighted by Crippen LogP contribution is -2.16. The second kappa shape index (κ2) is 8.74. The minimum atomic E-state index is -0.362. The molecule has 7 heteroatoms. The van der Waals surface area contributed by atoms with Gasteiger partial charge in [0.1, 0.15) is 0 Å². The van der Waals surface area contributed by atoms with E-state index in [-0.39, 0.29) is 16.6 Å². The summed E-state index contributed by atoms with van der Waals surface area (Å²) >= 11 is 13.7. The number of hydrogen-bond donors (Lipinski definition) is 1. The average Bonchev–Trinajstić information content (AvgIpc) is 2.65. The van der Waals surface area contributed by atoms with E-state index in [4.69, 9.17) is 23.2 Å². The van der Waals surface area contributed by atoms with Crippen molar-refractivity contribution in [3.05, 3.63) is 81.1 Å². The third kappa shape index (κ3) is 4.80. The molecule has 0 atom stereocenters. The molecule has 0 bridgehead atoms. The average molecular weight is 418 g/mol. The molecule has 1 heterocycles. The van der Waals surface area contributed by atoms with E-state index in [1.54, 1.807) is 0 Å². The first-order chi connectivity index (χ1) is 13.0. The van der Waals surface area contributed by atoms with Crippen molar-refractivity contribution in [2.75, 3.05) is 5.32 Å². The van der Waals surface area contributed by atoms with Crippen LogP contribution in [-0.2, 0) is 5.75 Å². The lowest BCUT2D eigenvalue weighted by molar-refractivity contribution is 0.102. The van der Waals surface area contributed by atoms with Crippen molar-refractivity contribution < 1.29 is 4.79 Å². The standard InChI is InChI=1S/C20H17Cl2N3OS/c1-12-6-5-7-13(2)17(12)24-19(26)18-16(22)10-23-20(25-18)27-11-14-8-3-4-9-15(14)21/h3-10H,11H2,1-2H3,(H,24,26). The van der Waals surface area contributed by atoms with Gasteiger partial charge in [-0.15, -0.1) is 0 Å². The molecule has 1 aromatic heterocycles. The van der Waals surface area contributed by atoms with Crippen LogP contribution in [0.15, 0.2) is 53.8 Å². The van der Waals surface area contributed by atoms with E-state index in [0.717, 1.165) is 22.4 Å². The SMILES string of the molecule is Cc1cccc(C)c1NC(=O)c1nc(SCc2ccccc2Cl)ncc1Cl. The van der Waals surface area contributed by atoms with Crippen molar-refractivity contribution in [1.82, 2.24) is 9.97 Å². The fourth-order valence-electron chi connectivity index (χ4n) is 2.52. The number of hydrogen-bond acceptors (Lipinski definition) is 4. The number of halogens is 2. The number of carbonyl (C=O) groups is 1. The number of nitrogens with one attached hydrogen (secondary N) is 1. The molecule has 1 N–H and O–H groups in total. The number of rotatable bonds is 5. The summed E-state index contributed by atoms with van der Waals surface area (Å²) in [6.45, 7) is 3.88. The van der Waals surface area contributed by atoms with Crippen molar-refractivity contribution >= 4 is 46.6 Å². The Morgan fingerprint density at radius 2 is 1.74 bits per heavy atom. The molecule has 1 amide bonds. The normalized spacial score (nSPS) is 10.7. The van der Waals surface area contributed by atoms with Crippen LogP contribution in [0.5, 0.6) is 0 Å². The minimum absolute atomic E-state index is 0.149. The molecule has 0 aliphatic rings. The van der Waals surface area contributed by atoms with Gasteiger partial charge in [-0.25, -0.2) is 9.97 Å². The van der Waals surface area contributed by atoms with Gasteiger partial charge < -0.3 is 5.32 Å². The molecule has 0 spiro atoms. The van der Waals surface area contributed by atoms with Gasteiger partial charge in [0.05, 0.1) is 11.2 Å². The molecular formula is C20H17Cl2N3OS. The summed E-state index contributed by atoms with van der Waals surface area (Å²) in [6, 6.07) is 13.4. The lowest BCUT2D eigenvalue weighted by atomic mass is 10.1. The van der Waals surface area contributed by atoms with Gasteiger partial charge in [-0.2, -0.15) is 0 Å². The van der Waals surface area contributed by atoms with E-state index < -0.39 is 0 Å². The third-order valence-corrected chi connectivity index (χ3v) is 5.53. The lowest BCUT2D eigenvalue weighted by Gasteiger charge is -2.12. The van der Waals surface area contributed by atoms with Crippen LogP contribution in [0.3, 0.4) is 0 Å². The Kier molecular flexibility index (Phi) is 6.37. The zero-order valence-electron chi connectivity index (χ0n) is 14.8. The molecule has 0 unspecified atom stereocenters. The van der Waals surface area contributed by atoms with Crippen molar-refractivity contribution in [2.24, 2.45) is 0 Å². The van der Waals surface area contributed by atoms with Gasteiger partial charge in [-0.1, -0.05) is 71.4 Å². The van der Waals surface area contributed by atoms with Gasteiger partial charge in [-0.3, -0.25) is 4.79 Å². The maximum Gasteiger partial charge on any atom is 0.275 e. The number of anilines is 1. The van der Waals surface area contributed by atoms with E-state index >= 15 is 0 Å². The molecular weight excluding hydrogens is 401 g/mol. The Balaban J connectivity index is 1.79. The van der Waals surface area contributed by atoms with Gasteiger partial charge in [0.15, 0.2) is 10.9 Å². The van der Waals surface area contributed by atoms with E-state index in [1.807, 2.05) is 56.3 Å². The van der Waals surface area contributed by atoms with Gasteiger partial charge in [-0.05, 0) is 36.6 Å². The van der Waals surface area contributed by atoms with Crippen LogP contribution in [0.25, 0.3) is 0 Å². The van der Waals surface area contributed by atoms with Crippen LogP contribution in [0.4, 0.5) is 5.69 Å². The molecule has 0 saturated carbocycles. The highest BCUT2D eigenvalue weighted by molar-refractivity contribution is 7.98. The van der Waals surface area contributed by atoms with E-state index in [0.29, 0.717) is 15.9 Å². The van der Waals surface area contributed by atoms with Crippen LogP contribution in [-0.4, -0.2) is 15.9 Å². The largest absolute Gasteiger partial charge is 0.320 e. The molecule has 0 aliphatic carbocycles. The Morgan fingerprint density at radius 3 is 2.44 bits per heavy atom. The molecule has 0 fully saturated rings. The second-order valence-corrected chi connectivity index (χ2v) is 7.71. The fourth-order valence-corrected chi connectivity index (χ4v) is 3.80. The zero-order valence-corrected chi connectivity index (χ0v) is 17.1. The van der Waals surface area contributed by atoms with E-state index in [2.05, 4.69) is 15.3 Å². The first-order valence-electron chi connectivity index (χ1n) is 8.22. The van der Waals surface area contributed by atoms with Gasteiger partial charge in [0.25, 0.3) is 5.91 Å². The first kappa shape index (κ1) is 19.7. The molecule has 3 rings (SSSR count). The highest BCUT2D eigenvalue weighted by Crippen LogP contribution is 2.26. The minimum Gasteiger partial charge on any atom is -0.320 e. The maximum atomic E-state index is 12.7. The highest BCUT2D eigenvalue weighted by Gasteiger charge is 2.16. The van der Waals surface area contributed by atoms with Crippen molar-refractivity contribution in [3.8, 4) is 0 Å². The smallest absolute Gasteiger partial charge is 0.275 e. The molecule has 3 aromatic rings. The van der Waals surface area contributed by atoms with Crippen LogP contribution >= 0.6 is 35.0 Å². The predicted octanol–water partition coefficient (Wildman–Crippen LogP) is 5.94. The van der Waals surface area contributed by atoms with Crippen molar-refractivity contribution in [3.63, 3.8) is 0 Å². The number of aromatic nitrogens is 2. The number of thioether (sulfide) groups is 1. The summed E-state index contributed by atoms with van der Waals surface area (Å²) in [4.78, 5) is 21.2. The molecule has 0 saturated heterocycles. The number of nitrogens with zero attached hydrogens (tertiary/aromatic N) is 2. The van der Waals surface area contributed by atoms with E-state index in [1.165, 1.54) is 18.0 Å². The van der Waals surface area contributed by atoms with Crippen LogP contribution in [0, 0.1) is 13.8 Å². The van der Waals surface area contributed by atoms with E-state index in [9.17, 15) is 4.79 Å². The summed E-state index contributed by atoms with van der Waals surface area (Å²) in [7, 11) is 0. The first-order valence-corrected chi connectivity index (χ1v) is 9.96. The Labute approximate surface area is 172 Å². The number of carbonyl (C=O) groups excluding carboxylic acids is 1. The zero-order chi connectivity index (χ0) is 19.4. The number of aryl methyl sites for hydroxylation is 2.